The van der Waals surface area contributed by atoms with Crippen LogP contribution in [-0.2, 0) is 38.4 Å². The summed E-state index contributed by atoms with van der Waals surface area (Å²) in [7, 11) is -2.23. The zero-order chi connectivity index (χ0) is 47.4. The normalized spacial score (nSPS) is 15.9. The number of nitrogens with one attached hydrogen (secondary N) is 7. The lowest BCUT2D eigenvalue weighted by molar-refractivity contribution is -0.143. The maximum atomic E-state index is 14.0. The van der Waals surface area contributed by atoms with Crippen molar-refractivity contribution in [3.63, 3.8) is 0 Å². The molecule has 350 valence electrons. The van der Waals surface area contributed by atoms with Crippen LogP contribution >= 0.6 is 0 Å². The molecule has 9 atom stereocenters. The molecule has 0 aliphatic rings. The van der Waals surface area contributed by atoms with Gasteiger partial charge in [-0.15, -0.1) is 0 Å². The molecule has 0 aliphatic carbocycles. The van der Waals surface area contributed by atoms with Crippen molar-refractivity contribution in [2.45, 2.75) is 134 Å². The van der Waals surface area contributed by atoms with E-state index in [-0.39, 0.29) is 49.6 Å². The van der Waals surface area contributed by atoms with Gasteiger partial charge in [0.25, 0.3) is 0 Å². The first-order valence-corrected chi connectivity index (χ1v) is 23.6. The van der Waals surface area contributed by atoms with Crippen LogP contribution in [0, 0.1) is 11.8 Å². The molecule has 18 N–H and O–H groups in total. The van der Waals surface area contributed by atoms with Crippen molar-refractivity contribution in [3.05, 3.63) is 0 Å². The van der Waals surface area contributed by atoms with E-state index in [0.29, 0.717) is 0 Å². The van der Waals surface area contributed by atoms with Crippen molar-refractivity contribution < 1.29 is 63.9 Å². The molecule has 0 saturated heterocycles. The molecule has 24 nitrogen and oxygen atoms in total. The maximum Gasteiger partial charge on any atom is 0.328 e. The minimum Gasteiger partial charge on any atom is -0.480 e. The average molecular weight is 892 g/mol. The molecule has 0 radical (unpaired) electrons. The van der Waals surface area contributed by atoms with E-state index >= 15 is 0 Å². The van der Waals surface area contributed by atoms with Crippen LogP contribution in [0.1, 0.15) is 53.9 Å². The zero-order valence-corrected chi connectivity index (χ0v) is 37.2. The van der Waals surface area contributed by atoms with Crippen LogP contribution in [0.4, 0.5) is 0 Å². The Labute approximate surface area is 356 Å². The van der Waals surface area contributed by atoms with Crippen molar-refractivity contribution in [1.82, 2.24) is 37.2 Å². The summed E-state index contributed by atoms with van der Waals surface area (Å²) in [6.45, 7) is 11.1. The molecule has 0 heterocycles. The van der Waals surface area contributed by atoms with Gasteiger partial charge in [0.1, 0.15) is 42.3 Å². The van der Waals surface area contributed by atoms with Gasteiger partial charge in [-0.3, -0.25) is 38.6 Å². The molecule has 0 rings (SSSR count). The number of hydrogen-bond donors (Lipinski definition) is 15. The molecule has 25 heteroatoms. The Kier molecular flexibility index (Phi) is 24.9. The number of nitrogens with two attached hydrogens (primary N) is 3. The fourth-order valence-corrected chi connectivity index (χ4v) is 7.03. The van der Waals surface area contributed by atoms with E-state index in [4.69, 9.17) is 27.4 Å². The monoisotopic (exact) mass is 891 g/mol. The summed E-state index contributed by atoms with van der Waals surface area (Å²) in [5.41, 5.74) is 16.8. The Hall–Kier alpha value is -4.95. The van der Waals surface area contributed by atoms with Crippen molar-refractivity contribution >= 4 is 61.4 Å². The van der Waals surface area contributed by atoms with Crippen LogP contribution in [0.3, 0.4) is 0 Å². The molecule has 0 bridgehead atoms. The van der Waals surface area contributed by atoms with Crippen LogP contribution < -0.4 is 54.4 Å². The molecule has 0 aliphatic heterocycles. The smallest absolute Gasteiger partial charge is 0.328 e. The molecule has 7 amide bonds. The Morgan fingerprint density at radius 3 is 1.62 bits per heavy atom. The van der Waals surface area contributed by atoms with E-state index in [0.717, 1.165) is 0 Å². The second-order valence-electron chi connectivity index (χ2n) is 16.6. The van der Waals surface area contributed by atoms with Crippen molar-refractivity contribution in [2.75, 3.05) is 26.3 Å². The van der Waals surface area contributed by atoms with Gasteiger partial charge in [0, 0.05) is 14.6 Å². The van der Waals surface area contributed by atoms with Crippen LogP contribution in [0.25, 0.3) is 0 Å². The third-order valence-electron chi connectivity index (χ3n) is 8.84. The molecule has 0 aromatic rings. The van der Waals surface area contributed by atoms with Crippen molar-refractivity contribution in [2.24, 2.45) is 34.0 Å². The van der Waals surface area contributed by atoms with E-state index in [2.05, 4.69) is 36.9 Å². The predicted octanol–water partition coefficient (Wildman–Crippen LogP) is -5.76. The van der Waals surface area contributed by atoms with E-state index in [9.17, 15) is 53.7 Å². The van der Waals surface area contributed by atoms with Gasteiger partial charge in [-0.1, -0.05) is 47.3 Å². The molecule has 0 fully saturated rings. The molecular weight excluding hydrogens is 823 g/mol. The number of nitrogens with zero attached hydrogens (tertiary/aromatic N) is 1. The summed E-state index contributed by atoms with van der Waals surface area (Å²) in [6, 6.07) is -10.1. The molecule has 0 aromatic carbocycles. The van der Waals surface area contributed by atoms with Crippen LogP contribution in [0.5, 0.6) is 0 Å². The highest BCUT2D eigenvalue weighted by Crippen LogP contribution is 2.14. The number of carboxylic acid groups (broad SMARTS) is 1. The van der Waals surface area contributed by atoms with Gasteiger partial charge in [-0.25, -0.2) is 4.79 Å². The fourth-order valence-electron chi connectivity index (χ4n) is 5.51. The number of aliphatic hydroxyl groups is 4. The topological polar surface area (TPSA) is 412 Å². The van der Waals surface area contributed by atoms with Gasteiger partial charge in [-0.2, -0.15) is 0 Å². The van der Waals surface area contributed by atoms with Gasteiger partial charge in [-0.05, 0) is 44.1 Å². The number of carbonyl (C=O) groups excluding carboxylic acids is 7. The van der Waals surface area contributed by atoms with E-state index < -0.39 is 130 Å². The third-order valence-corrected chi connectivity index (χ3v) is 10.5. The van der Waals surface area contributed by atoms with Crippen LogP contribution in [-0.4, -0.2) is 168 Å². The van der Waals surface area contributed by atoms with Crippen molar-refractivity contribution in [1.29, 1.82) is 0 Å². The lowest BCUT2D eigenvalue weighted by Gasteiger charge is -2.30. The van der Waals surface area contributed by atoms with Gasteiger partial charge in [0.05, 0.1) is 32.0 Å². The lowest BCUT2D eigenvalue weighted by atomic mass is 9.98. The van der Waals surface area contributed by atoms with E-state index in [1.807, 2.05) is 25.0 Å². The third kappa shape index (κ3) is 21.9. The highest BCUT2D eigenvalue weighted by atomic mass is 28.3. The molecule has 0 aromatic heterocycles. The van der Waals surface area contributed by atoms with Crippen LogP contribution in [0.2, 0.25) is 25.7 Å². The standard InChI is InChI=1S/C36H69N11O13Si/c1-17(2)12-21(44-33(57)26(37)28(52)18(3)4)30(54)43-20(10-9-11-40-36(38)39)29(53)46-24(16-61(6,7)8)32(56)47-27(19(5)50)34(58)41-13-25(51)42-22(14-48)31(55)45-23(15-49)35(59)60/h17-24,26-28,48-50,52H,9-16,37H2,1-8H3,(H,41,58)(H,42,51)(H,43,54)(H,44,57)(H,45,55)(H,46,53)(H,47,56)(H,59,60)(H4,38,39,40)/t19-,20+,21-,22-,23-,24-,26-,27-,28+/m0/s1. The number of guanidine groups is 1. The van der Waals surface area contributed by atoms with Gasteiger partial charge in [0.15, 0.2) is 5.96 Å². The molecular formula is C36H69N11O13Si. The second-order valence-corrected chi connectivity index (χ2v) is 22.1. The molecule has 0 saturated carbocycles. The summed E-state index contributed by atoms with van der Waals surface area (Å²) in [6.07, 6.45) is -2.48. The predicted molar refractivity (Wildman–Crippen MR) is 224 cm³/mol. The summed E-state index contributed by atoms with van der Waals surface area (Å²) < 4.78 is 0. The number of aliphatic carboxylic acids is 1. The summed E-state index contributed by atoms with van der Waals surface area (Å²) in [5, 5.41) is 65.0. The number of aliphatic hydroxyl groups excluding tert-OH is 4. The summed E-state index contributed by atoms with van der Waals surface area (Å²) >= 11 is 0. The number of carboxylic acids is 1. The average Bonchev–Trinajstić information content (AvgIpc) is 3.15. The maximum absolute atomic E-state index is 14.0. The van der Waals surface area contributed by atoms with Crippen molar-refractivity contribution in [3.8, 4) is 0 Å². The fraction of sp³-hybridized carbons (Fsp3) is 0.750. The SMILES string of the molecule is CC(C)C[C@H](NC(=O)[C@@H](N)[C@H](O)C(C)C)C(=O)N[C@H](CCCN=C(N)N)C(=O)N[C@@H](C[Si](C)(C)C)C(=O)N[C@H](C(=O)NCC(=O)N[C@@H](CO)C(=O)N[C@@H](CO)C(=O)O)[C@H](C)O. The number of carbonyl (C=O) groups is 8. The zero-order valence-electron chi connectivity index (χ0n) is 36.2. The first-order chi connectivity index (χ1) is 28.1. The number of rotatable bonds is 28. The largest absolute Gasteiger partial charge is 0.480 e. The molecule has 0 spiro atoms. The van der Waals surface area contributed by atoms with Gasteiger partial charge in [0.2, 0.25) is 41.4 Å². The number of aliphatic imine (C=N–C) groups is 1. The Morgan fingerprint density at radius 2 is 1.15 bits per heavy atom. The molecule has 0 unspecified atom stereocenters. The van der Waals surface area contributed by atoms with Gasteiger partial charge < -0.3 is 80.0 Å². The summed E-state index contributed by atoms with van der Waals surface area (Å²) in [4.78, 5) is 108. The Balaban J connectivity index is 6.28. The lowest BCUT2D eigenvalue weighted by Crippen LogP contribution is -2.61. The minimum absolute atomic E-state index is 0.0370. The highest BCUT2D eigenvalue weighted by molar-refractivity contribution is 6.76. The highest BCUT2D eigenvalue weighted by Gasteiger charge is 2.36. The quantitative estimate of drug-likeness (QED) is 0.0151. The second kappa shape index (κ2) is 27.1. The van der Waals surface area contributed by atoms with E-state index in [1.54, 1.807) is 27.7 Å². The number of amides is 7. The van der Waals surface area contributed by atoms with E-state index in [1.165, 1.54) is 6.92 Å². The first-order valence-electron chi connectivity index (χ1n) is 19.9. The Morgan fingerprint density at radius 1 is 0.656 bits per heavy atom. The summed E-state index contributed by atoms with van der Waals surface area (Å²) in [5.74, 6) is -8.76. The molecule has 61 heavy (non-hydrogen) atoms. The first kappa shape index (κ1) is 56.0. The minimum atomic E-state index is -2.23. The Bertz CT molecular complexity index is 1520. The van der Waals surface area contributed by atoms with Crippen LogP contribution in [0.15, 0.2) is 4.99 Å². The van der Waals surface area contributed by atoms with Gasteiger partial charge >= 0.3 is 5.97 Å². The number of hydrogen-bond acceptors (Lipinski definition) is 14.